The van der Waals surface area contributed by atoms with Crippen LogP contribution in [0.3, 0.4) is 0 Å². The number of aliphatic hydroxyl groups excluding tert-OH is 1. The molecule has 1 atom stereocenters. The lowest BCUT2D eigenvalue weighted by atomic mass is 10.2. The Labute approximate surface area is 89.7 Å². The maximum atomic E-state index is 13.4. The number of aryl methyl sites for hydroxylation is 1. The molecule has 0 saturated heterocycles. The first kappa shape index (κ1) is 10.4. The summed E-state index contributed by atoms with van der Waals surface area (Å²) < 4.78 is 27.7. The minimum Gasteiger partial charge on any atom is -0.372 e. The molecule has 0 radical (unpaired) electrons. The molecule has 1 aromatic heterocycles. The molecule has 0 fully saturated rings. The molecule has 15 heavy (non-hydrogen) atoms. The number of hydrogen-bond donors (Lipinski definition) is 1. The molecule has 0 spiro atoms. The first-order chi connectivity index (χ1) is 7.00. The molecular formula is C10H8ClF2NO. The van der Waals surface area contributed by atoms with Crippen molar-refractivity contribution in [2.45, 2.75) is 5.56 Å². The fourth-order valence-corrected chi connectivity index (χ4v) is 1.87. The average Bonchev–Trinajstić information content (AvgIpc) is 2.42. The third-order valence-corrected chi connectivity index (χ3v) is 2.55. The first-order valence-electron chi connectivity index (χ1n) is 4.27. The number of aliphatic hydroxyl groups is 1. The van der Waals surface area contributed by atoms with Gasteiger partial charge >= 0.3 is 0 Å². The molecular weight excluding hydrogens is 224 g/mol. The first-order valence-corrected chi connectivity index (χ1v) is 4.71. The quantitative estimate of drug-likeness (QED) is 0.750. The molecule has 0 aliphatic heterocycles. The molecule has 80 valence electrons. The normalized spacial score (nSPS) is 13.4. The minimum absolute atomic E-state index is 0.228. The van der Waals surface area contributed by atoms with Crippen molar-refractivity contribution >= 4 is 22.5 Å². The summed E-state index contributed by atoms with van der Waals surface area (Å²) in [4.78, 5) is 0. The van der Waals surface area contributed by atoms with Gasteiger partial charge in [0.2, 0.25) is 0 Å². The largest absolute Gasteiger partial charge is 0.372 e. The van der Waals surface area contributed by atoms with Crippen LogP contribution in [0.1, 0.15) is 11.3 Å². The Morgan fingerprint density at radius 3 is 2.60 bits per heavy atom. The van der Waals surface area contributed by atoms with Crippen LogP contribution < -0.4 is 0 Å². The maximum Gasteiger partial charge on any atom is 0.168 e. The fourth-order valence-electron chi connectivity index (χ4n) is 1.66. The highest BCUT2D eigenvalue weighted by Crippen LogP contribution is 2.27. The molecule has 5 heteroatoms. The van der Waals surface area contributed by atoms with E-state index in [0.717, 1.165) is 6.07 Å². The highest BCUT2D eigenvalue weighted by Gasteiger charge is 2.15. The van der Waals surface area contributed by atoms with Gasteiger partial charge in [-0.25, -0.2) is 8.78 Å². The summed E-state index contributed by atoms with van der Waals surface area (Å²) >= 11 is 5.49. The number of benzene rings is 1. The predicted molar refractivity (Wildman–Crippen MR) is 53.6 cm³/mol. The van der Waals surface area contributed by atoms with Crippen molar-refractivity contribution in [3.05, 3.63) is 35.5 Å². The van der Waals surface area contributed by atoms with Gasteiger partial charge in [-0.05, 0) is 12.1 Å². The van der Waals surface area contributed by atoms with E-state index < -0.39 is 17.2 Å². The maximum absolute atomic E-state index is 13.4. The van der Waals surface area contributed by atoms with E-state index in [1.54, 1.807) is 7.05 Å². The molecule has 2 nitrogen and oxygen atoms in total. The van der Waals surface area contributed by atoms with Crippen LogP contribution in [0.4, 0.5) is 8.78 Å². The summed E-state index contributed by atoms with van der Waals surface area (Å²) in [5.74, 6) is -1.32. The van der Waals surface area contributed by atoms with Gasteiger partial charge in [-0.3, -0.25) is 0 Å². The molecule has 2 rings (SSSR count). The molecule has 0 bridgehead atoms. The number of hydrogen-bond acceptors (Lipinski definition) is 1. The van der Waals surface area contributed by atoms with E-state index in [0.29, 0.717) is 11.1 Å². The van der Waals surface area contributed by atoms with Gasteiger partial charge in [-0.1, -0.05) is 11.6 Å². The van der Waals surface area contributed by atoms with Crippen molar-refractivity contribution < 1.29 is 13.9 Å². The second-order valence-corrected chi connectivity index (χ2v) is 3.70. The Balaban J connectivity index is 2.82. The fraction of sp³-hybridized carbons (Fsp3) is 0.200. The smallest absolute Gasteiger partial charge is 0.168 e. The van der Waals surface area contributed by atoms with Crippen LogP contribution in [0.5, 0.6) is 0 Å². The lowest BCUT2D eigenvalue weighted by Crippen LogP contribution is -1.99. The summed E-state index contributed by atoms with van der Waals surface area (Å²) in [6.45, 7) is 0. The Morgan fingerprint density at radius 2 is 2.00 bits per heavy atom. The molecule has 1 unspecified atom stereocenters. The van der Waals surface area contributed by atoms with Crippen molar-refractivity contribution in [2.75, 3.05) is 0 Å². The molecule has 2 aromatic rings. The van der Waals surface area contributed by atoms with E-state index in [1.165, 1.54) is 16.7 Å². The van der Waals surface area contributed by atoms with E-state index in [9.17, 15) is 13.9 Å². The van der Waals surface area contributed by atoms with Crippen LogP contribution in [-0.2, 0) is 7.05 Å². The van der Waals surface area contributed by atoms with E-state index in [4.69, 9.17) is 11.6 Å². The lowest BCUT2D eigenvalue weighted by Gasteiger charge is -2.04. The van der Waals surface area contributed by atoms with Crippen LogP contribution in [0.25, 0.3) is 10.9 Å². The number of nitrogens with zero attached hydrogens (tertiary/aromatic N) is 1. The van der Waals surface area contributed by atoms with Gasteiger partial charge < -0.3 is 9.67 Å². The zero-order valence-electron chi connectivity index (χ0n) is 7.84. The zero-order valence-corrected chi connectivity index (χ0v) is 8.59. The number of alkyl halides is 1. The van der Waals surface area contributed by atoms with Gasteiger partial charge in [0, 0.05) is 18.5 Å². The number of fused-ring (bicyclic) bond motifs is 1. The van der Waals surface area contributed by atoms with Crippen LogP contribution in [0.2, 0.25) is 0 Å². The lowest BCUT2D eigenvalue weighted by molar-refractivity contribution is 0.254. The van der Waals surface area contributed by atoms with E-state index in [-0.39, 0.29) is 5.52 Å². The van der Waals surface area contributed by atoms with Gasteiger partial charge in [-0.15, -0.1) is 0 Å². The predicted octanol–water partition coefficient (Wildman–Crippen LogP) is 2.69. The van der Waals surface area contributed by atoms with Gasteiger partial charge in [-0.2, -0.15) is 0 Å². The molecule has 0 aliphatic carbocycles. The molecule has 1 heterocycles. The summed E-state index contributed by atoms with van der Waals surface area (Å²) in [6, 6.07) is 3.45. The number of rotatable bonds is 1. The van der Waals surface area contributed by atoms with E-state index >= 15 is 0 Å². The van der Waals surface area contributed by atoms with Crippen LogP contribution in [0.15, 0.2) is 18.2 Å². The molecule has 0 aliphatic rings. The van der Waals surface area contributed by atoms with Crippen molar-refractivity contribution in [3.8, 4) is 0 Å². The monoisotopic (exact) mass is 231 g/mol. The topological polar surface area (TPSA) is 25.2 Å². The summed E-state index contributed by atoms with van der Waals surface area (Å²) in [7, 11) is 1.56. The highest BCUT2D eigenvalue weighted by molar-refractivity contribution is 6.19. The van der Waals surface area contributed by atoms with Crippen molar-refractivity contribution in [1.29, 1.82) is 0 Å². The average molecular weight is 232 g/mol. The third kappa shape index (κ3) is 1.60. The van der Waals surface area contributed by atoms with Gasteiger partial charge in [0.1, 0.15) is 11.6 Å². The van der Waals surface area contributed by atoms with Crippen LogP contribution in [-0.4, -0.2) is 9.67 Å². The molecule has 1 N–H and O–H groups in total. The Morgan fingerprint density at radius 1 is 1.33 bits per heavy atom. The van der Waals surface area contributed by atoms with Gasteiger partial charge in [0.25, 0.3) is 0 Å². The summed E-state index contributed by atoms with van der Waals surface area (Å²) in [5, 5.41) is 9.57. The molecule has 0 amide bonds. The molecule has 0 saturated carbocycles. The SMILES string of the molecule is Cn1c(C(O)Cl)cc2cc(F)cc(F)c21. The number of aromatic nitrogens is 1. The van der Waals surface area contributed by atoms with Gasteiger partial charge in [0.15, 0.2) is 5.56 Å². The number of halogens is 3. The second-order valence-electron chi connectivity index (χ2n) is 3.29. The molecule has 1 aromatic carbocycles. The Hall–Kier alpha value is -1.13. The van der Waals surface area contributed by atoms with Crippen LogP contribution in [0, 0.1) is 11.6 Å². The van der Waals surface area contributed by atoms with Crippen LogP contribution >= 0.6 is 11.6 Å². The van der Waals surface area contributed by atoms with Gasteiger partial charge in [0.05, 0.1) is 11.2 Å². The van der Waals surface area contributed by atoms with E-state index in [2.05, 4.69) is 0 Å². The second kappa shape index (κ2) is 3.47. The Bertz CT molecular complexity index is 522. The summed E-state index contributed by atoms with van der Waals surface area (Å²) in [5.41, 5.74) is -0.674. The standard InChI is InChI=1S/C10H8ClF2NO/c1-14-8(10(11)15)3-5-2-6(12)4-7(13)9(5)14/h2-4,10,15H,1H3. The van der Waals surface area contributed by atoms with Crippen molar-refractivity contribution in [3.63, 3.8) is 0 Å². The third-order valence-electron chi connectivity index (χ3n) is 2.33. The van der Waals surface area contributed by atoms with Crippen molar-refractivity contribution in [1.82, 2.24) is 4.57 Å². The Kier molecular flexibility index (Phi) is 2.40. The summed E-state index contributed by atoms with van der Waals surface area (Å²) in [6.07, 6.45) is 0. The van der Waals surface area contributed by atoms with E-state index in [1.807, 2.05) is 0 Å². The van der Waals surface area contributed by atoms with Crippen molar-refractivity contribution in [2.24, 2.45) is 7.05 Å². The highest BCUT2D eigenvalue weighted by atomic mass is 35.5. The minimum atomic E-state index is -1.23. The zero-order chi connectivity index (χ0) is 11.2.